The molecule has 0 saturated heterocycles. The number of methoxy groups -OCH3 is 1. The predicted octanol–water partition coefficient (Wildman–Crippen LogP) is 5.69. The third kappa shape index (κ3) is 7.65. The minimum absolute atomic E-state index is 0.0216. The standard InChI is InChI=1S/C30H37N7O/c1-29(2)12-23(21(16-31)17-32)25(20-35)26(14-29)36-10-8-6-7-9-11-37-27-15-30(3,4)13-24(28(27)38-5)22(18-33)19-34/h36-37H,6-15H2,1-5H3. The molecule has 2 aliphatic rings. The SMILES string of the molecule is COC1=C(NCCCCCCNC2=C(C#N)C(=C(C#N)C#N)CC(C)(C)C2)CC(C)(C)CC1=C(C#N)C#N. The highest BCUT2D eigenvalue weighted by Gasteiger charge is 2.34. The van der Waals surface area contributed by atoms with Gasteiger partial charge in [-0.25, -0.2) is 0 Å². The fourth-order valence-corrected chi connectivity index (χ4v) is 5.23. The zero-order chi connectivity index (χ0) is 28.3. The largest absolute Gasteiger partial charge is 0.495 e. The first-order chi connectivity index (χ1) is 18.1. The lowest BCUT2D eigenvalue weighted by atomic mass is 9.73. The highest BCUT2D eigenvalue weighted by atomic mass is 16.5. The van der Waals surface area contributed by atoms with Crippen LogP contribution in [0, 0.1) is 67.5 Å². The number of allylic oxidation sites excluding steroid dienone is 7. The first-order valence-corrected chi connectivity index (χ1v) is 13.0. The highest BCUT2D eigenvalue weighted by molar-refractivity contribution is 5.57. The van der Waals surface area contributed by atoms with Gasteiger partial charge in [0, 0.05) is 29.9 Å². The Morgan fingerprint density at radius 3 is 1.61 bits per heavy atom. The van der Waals surface area contributed by atoms with Crippen molar-refractivity contribution in [2.45, 2.75) is 79.1 Å². The maximum absolute atomic E-state index is 9.74. The van der Waals surface area contributed by atoms with Crippen molar-refractivity contribution in [3.63, 3.8) is 0 Å². The van der Waals surface area contributed by atoms with Crippen molar-refractivity contribution in [3.8, 4) is 30.3 Å². The van der Waals surface area contributed by atoms with E-state index in [1.54, 1.807) is 7.11 Å². The van der Waals surface area contributed by atoms with Gasteiger partial charge in [-0.15, -0.1) is 0 Å². The van der Waals surface area contributed by atoms with Crippen molar-refractivity contribution >= 4 is 0 Å². The van der Waals surface area contributed by atoms with Crippen LogP contribution in [0.2, 0.25) is 0 Å². The number of hydrogen-bond acceptors (Lipinski definition) is 8. The summed E-state index contributed by atoms with van der Waals surface area (Å²) in [5.74, 6) is 0.618. The van der Waals surface area contributed by atoms with E-state index in [2.05, 4.69) is 44.4 Å². The summed E-state index contributed by atoms with van der Waals surface area (Å²) >= 11 is 0. The molecule has 0 aromatic carbocycles. The van der Waals surface area contributed by atoms with Gasteiger partial charge in [-0.2, -0.15) is 26.3 Å². The van der Waals surface area contributed by atoms with Crippen molar-refractivity contribution in [2.24, 2.45) is 10.8 Å². The van der Waals surface area contributed by atoms with E-state index in [1.807, 2.05) is 24.3 Å². The molecule has 8 nitrogen and oxygen atoms in total. The minimum atomic E-state index is -0.137. The summed E-state index contributed by atoms with van der Waals surface area (Å²) in [6.45, 7) is 9.91. The van der Waals surface area contributed by atoms with Gasteiger partial charge in [0.1, 0.15) is 47.3 Å². The molecule has 0 heterocycles. The lowest BCUT2D eigenvalue weighted by Crippen LogP contribution is -2.29. The maximum atomic E-state index is 9.74. The molecule has 198 valence electrons. The van der Waals surface area contributed by atoms with Gasteiger partial charge in [0.25, 0.3) is 0 Å². The second kappa shape index (κ2) is 13.4. The zero-order valence-corrected chi connectivity index (χ0v) is 23.2. The van der Waals surface area contributed by atoms with Gasteiger partial charge in [-0.05, 0) is 49.4 Å². The normalized spacial score (nSPS) is 17.8. The Labute approximate surface area is 227 Å². The third-order valence-electron chi connectivity index (χ3n) is 6.92. The maximum Gasteiger partial charge on any atom is 0.143 e. The van der Waals surface area contributed by atoms with Gasteiger partial charge >= 0.3 is 0 Å². The van der Waals surface area contributed by atoms with Crippen molar-refractivity contribution in [1.29, 1.82) is 26.3 Å². The van der Waals surface area contributed by atoms with E-state index in [9.17, 15) is 26.3 Å². The van der Waals surface area contributed by atoms with Gasteiger partial charge in [-0.3, -0.25) is 0 Å². The van der Waals surface area contributed by atoms with Crippen LogP contribution in [0.4, 0.5) is 0 Å². The second-order valence-electron chi connectivity index (χ2n) is 11.4. The van der Waals surface area contributed by atoms with Crippen molar-refractivity contribution in [1.82, 2.24) is 10.6 Å². The molecule has 2 N–H and O–H groups in total. The predicted molar refractivity (Wildman–Crippen MR) is 144 cm³/mol. The summed E-state index contributed by atoms with van der Waals surface area (Å²) in [5.41, 5.74) is 3.34. The smallest absolute Gasteiger partial charge is 0.143 e. The second-order valence-corrected chi connectivity index (χ2v) is 11.4. The number of nitriles is 5. The molecule has 2 aliphatic carbocycles. The molecule has 0 aromatic rings. The van der Waals surface area contributed by atoms with Gasteiger partial charge in [0.2, 0.25) is 0 Å². The van der Waals surface area contributed by atoms with E-state index in [1.165, 1.54) is 0 Å². The molecule has 0 aliphatic heterocycles. The van der Waals surface area contributed by atoms with Gasteiger partial charge in [-0.1, -0.05) is 40.5 Å². The molecule has 0 amide bonds. The summed E-state index contributed by atoms with van der Waals surface area (Å²) in [7, 11) is 1.58. The Kier molecular flexibility index (Phi) is 10.6. The molecule has 0 aromatic heterocycles. The van der Waals surface area contributed by atoms with Crippen LogP contribution >= 0.6 is 0 Å². The number of ether oxygens (including phenoxy) is 1. The number of nitrogens with one attached hydrogen (secondary N) is 2. The molecule has 0 bridgehead atoms. The Morgan fingerprint density at radius 2 is 1.13 bits per heavy atom. The highest BCUT2D eigenvalue weighted by Crippen LogP contribution is 2.43. The van der Waals surface area contributed by atoms with Crippen LogP contribution in [-0.4, -0.2) is 20.2 Å². The van der Waals surface area contributed by atoms with E-state index in [4.69, 9.17) is 4.74 Å². The molecule has 0 saturated carbocycles. The van der Waals surface area contributed by atoms with Crippen molar-refractivity contribution < 1.29 is 4.74 Å². The Bertz CT molecular complexity index is 1230. The average molecular weight is 512 g/mol. The molecular weight excluding hydrogens is 474 g/mol. The van der Waals surface area contributed by atoms with E-state index < -0.39 is 0 Å². The van der Waals surface area contributed by atoms with Crippen LogP contribution in [0.25, 0.3) is 0 Å². The summed E-state index contributed by atoms with van der Waals surface area (Å²) in [6.07, 6.45) is 6.58. The van der Waals surface area contributed by atoms with Crippen LogP contribution in [-0.2, 0) is 4.74 Å². The Hall–Kier alpha value is -4.19. The molecule has 38 heavy (non-hydrogen) atoms. The minimum Gasteiger partial charge on any atom is -0.495 e. The molecule has 0 atom stereocenters. The molecule has 0 spiro atoms. The number of nitrogens with zero attached hydrogens (tertiary/aromatic N) is 5. The Balaban J connectivity index is 1.92. The zero-order valence-electron chi connectivity index (χ0n) is 23.2. The summed E-state index contributed by atoms with van der Waals surface area (Å²) in [6, 6.07) is 10.1. The summed E-state index contributed by atoms with van der Waals surface area (Å²) in [4.78, 5) is 0. The van der Waals surface area contributed by atoms with E-state index in [-0.39, 0.29) is 22.0 Å². The lowest BCUT2D eigenvalue weighted by molar-refractivity contribution is 0.245. The van der Waals surface area contributed by atoms with Gasteiger partial charge in [0.15, 0.2) is 0 Å². The summed E-state index contributed by atoms with van der Waals surface area (Å²) in [5, 5.41) is 54.1. The van der Waals surface area contributed by atoms with Crippen LogP contribution in [0.15, 0.2) is 45.0 Å². The van der Waals surface area contributed by atoms with Gasteiger partial charge in [0.05, 0.1) is 18.4 Å². The van der Waals surface area contributed by atoms with Crippen molar-refractivity contribution in [3.05, 3.63) is 45.0 Å². The molecule has 0 unspecified atom stereocenters. The van der Waals surface area contributed by atoms with Gasteiger partial charge < -0.3 is 15.4 Å². The Morgan fingerprint density at radius 1 is 0.684 bits per heavy atom. The lowest BCUT2D eigenvalue weighted by Gasteiger charge is -2.34. The fourth-order valence-electron chi connectivity index (χ4n) is 5.23. The molecular formula is C30H37N7O. The fraction of sp³-hybridized carbons (Fsp3) is 0.567. The van der Waals surface area contributed by atoms with Crippen LogP contribution in [0.1, 0.15) is 79.1 Å². The number of rotatable bonds is 10. The summed E-state index contributed by atoms with van der Waals surface area (Å²) < 4.78 is 5.61. The molecule has 0 fully saturated rings. The molecule has 2 rings (SSSR count). The van der Waals surface area contributed by atoms with Crippen LogP contribution < -0.4 is 10.6 Å². The van der Waals surface area contributed by atoms with E-state index in [0.717, 1.165) is 56.6 Å². The molecule has 8 heteroatoms. The number of unbranched alkanes of at least 4 members (excludes halogenated alkanes) is 3. The van der Waals surface area contributed by atoms with Crippen LogP contribution in [0.3, 0.4) is 0 Å². The van der Waals surface area contributed by atoms with E-state index in [0.29, 0.717) is 41.7 Å². The van der Waals surface area contributed by atoms with E-state index >= 15 is 0 Å². The van der Waals surface area contributed by atoms with Crippen LogP contribution in [0.5, 0.6) is 0 Å². The van der Waals surface area contributed by atoms with Crippen molar-refractivity contribution in [2.75, 3.05) is 20.2 Å². The average Bonchev–Trinajstić information content (AvgIpc) is 2.86. The first-order valence-electron chi connectivity index (χ1n) is 13.0. The molecule has 0 radical (unpaired) electrons. The quantitative estimate of drug-likeness (QED) is 0.280. The first kappa shape index (κ1) is 30.0. The topological polar surface area (TPSA) is 152 Å². The third-order valence-corrected chi connectivity index (χ3v) is 6.92. The number of hydrogen-bond donors (Lipinski definition) is 2. The monoisotopic (exact) mass is 511 g/mol.